The van der Waals surface area contributed by atoms with Crippen LogP contribution in [0.5, 0.6) is 0 Å². The molecule has 8 rings (SSSR count). The van der Waals surface area contributed by atoms with Gasteiger partial charge in [0.1, 0.15) is 30.7 Å². The van der Waals surface area contributed by atoms with Crippen LogP contribution in [0.4, 0.5) is 0 Å². The average molecular weight is 817 g/mol. The maximum Gasteiger partial charge on any atom is 0.156 e. The normalized spacial score (nSPS) is 12.9. The van der Waals surface area contributed by atoms with Gasteiger partial charge >= 0.3 is 0 Å². The lowest BCUT2D eigenvalue weighted by molar-refractivity contribution is 0.541. The standard InChI is InChI=1S/C45H52N16/c1-41(2,3)37-46-25-58(54-37)33-21-13-17-29(50-33)45(30-18-14-22-34(51-30)59-26-47-38(55-59)42(4,5)6,31-19-15-23-35(52-31)60-27-48-39(56-60)43(7,8)9)32-20-16-24-36(53-32)61-28-49-40(57-61)44(10,11)12/h13-28H,1-12H3. The summed E-state index contributed by atoms with van der Waals surface area (Å²) in [4.78, 5) is 40.2. The van der Waals surface area contributed by atoms with E-state index in [0.29, 0.717) is 69.3 Å². The summed E-state index contributed by atoms with van der Waals surface area (Å²) in [6.07, 6.45) is 6.77. The van der Waals surface area contributed by atoms with Gasteiger partial charge in [-0.15, -0.1) is 20.4 Å². The highest BCUT2D eigenvalue weighted by molar-refractivity contribution is 5.55. The molecule has 0 aliphatic carbocycles. The lowest BCUT2D eigenvalue weighted by atomic mass is 9.73. The largest absolute Gasteiger partial charge is 0.232 e. The van der Waals surface area contributed by atoms with Crippen molar-refractivity contribution in [2.75, 3.05) is 0 Å². The summed E-state index contributed by atoms with van der Waals surface area (Å²) in [6.45, 7) is 25.0. The summed E-state index contributed by atoms with van der Waals surface area (Å²) in [5.41, 5.74) is -0.167. The van der Waals surface area contributed by atoms with Crippen LogP contribution in [0, 0.1) is 0 Å². The molecule has 0 saturated carbocycles. The van der Waals surface area contributed by atoms with Crippen LogP contribution in [0.25, 0.3) is 23.3 Å². The Morgan fingerprint density at radius 1 is 0.311 bits per heavy atom. The van der Waals surface area contributed by atoms with E-state index in [1.54, 1.807) is 44.0 Å². The maximum absolute atomic E-state index is 5.39. The molecule has 8 aromatic heterocycles. The van der Waals surface area contributed by atoms with Crippen LogP contribution in [-0.2, 0) is 27.1 Å². The molecule has 0 spiro atoms. The first-order valence-electron chi connectivity index (χ1n) is 20.3. The highest BCUT2D eigenvalue weighted by Crippen LogP contribution is 2.43. The predicted octanol–water partition coefficient (Wildman–Crippen LogP) is 7.16. The van der Waals surface area contributed by atoms with Crippen LogP contribution >= 0.6 is 0 Å². The second-order valence-corrected chi connectivity index (χ2v) is 19.3. The molecule has 0 aliphatic heterocycles. The quantitative estimate of drug-likeness (QED) is 0.152. The Bertz CT molecular complexity index is 2440. The molecule has 0 saturated heterocycles. The molecular weight excluding hydrogens is 765 g/mol. The van der Waals surface area contributed by atoms with Crippen molar-refractivity contribution in [3.8, 4) is 23.3 Å². The summed E-state index contributed by atoms with van der Waals surface area (Å²) in [5, 5.41) is 19.4. The molecule has 0 bridgehead atoms. The maximum atomic E-state index is 5.39. The Balaban J connectivity index is 1.44. The van der Waals surface area contributed by atoms with Gasteiger partial charge in [0.15, 0.2) is 46.6 Å². The molecule has 16 heteroatoms. The molecule has 61 heavy (non-hydrogen) atoms. The topological polar surface area (TPSA) is 174 Å². The summed E-state index contributed by atoms with van der Waals surface area (Å²) < 4.78 is 6.79. The minimum atomic E-state index is -1.38. The van der Waals surface area contributed by atoms with Crippen molar-refractivity contribution in [3.05, 3.63) is 144 Å². The van der Waals surface area contributed by atoms with Crippen LogP contribution in [0.15, 0.2) is 98.1 Å². The number of pyridine rings is 4. The van der Waals surface area contributed by atoms with E-state index in [4.69, 9.17) is 40.3 Å². The molecule has 0 N–H and O–H groups in total. The first-order valence-corrected chi connectivity index (χ1v) is 20.3. The monoisotopic (exact) mass is 816 g/mol. The van der Waals surface area contributed by atoms with Crippen molar-refractivity contribution in [2.24, 2.45) is 0 Å². The fourth-order valence-corrected chi connectivity index (χ4v) is 6.69. The molecule has 0 amide bonds. The molecule has 8 aromatic rings. The van der Waals surface area contributed by atoms with Gasteiger partial charge in [0, 0.05) is 21.7 Å². The summed E-state index contributed by atoms with van der Waals surface area (Å²) in [5.74, 6) is 4.97. The van der Waals surface area contributed by atoms with E-state index < -0.39 is 5.41 Å². The Morgan fingerprint density at radius 2 is 0.525 bits per heavy atom. The van der Waals surface area contributed by atoms with Gasteiger partial charge in [0.25, 0.3) is 0 Å². The Hall–Kier alpha value is -6.84. The molecule has 0 radical (unpaired) electrons. The lowest BCUT2D eigenvalue weighted by Crippen LogP contribution is -2.36. The first-order chi connectivity index (χ1) is 28.7. The summed E-state index contributed by atoms with van der Waals surface area (Å²) in [6, 6.07) is 23.3. The van der Waals surface area contributed by atoms with Gasteiger partial charge in [-0.05, 0) is 48.5 Å². The van der Waals surface area contributed by atoms with E-state index in [-0.39, 0.29) is 21.7 Å². The van der Waals surface area contributed by atoms with E-state index in [9.17, 15) is 0 Å². The fraction of sp³-hybridized carbons (Fsp3) is 0.378. The van der Waals surface area contributed by atoms with Crippen LogP contribution in [0.1, 0.15) is 129 Å². The highest BCUT2D eigenvalue weighted by Gasteiger charge is 2.45. The van der Waals surface area contributed by atoms with Crippen molar-refractivity contribution in [1.82, 2.24) is 79.0 Å². The van der Waals surface area contributed by atoms with Crippen molar-refractivity contribution in [1.29, 1.82) is 0 Å². The SMILES string of the molecule is CC(C)(C)c1ncn(-c2cccc(C(c3cccc(-n4cnc(C(C)(C)C)n4)n3)(c3cccc(-n4cnc(C(C)(C)C)n4)n3)c3cccc(-n4cnc(C(C)(C)C)n4)n3)n2)n1. The van der Waals surface area contributed by atoms with Gasteiger partial charge in [0.05, 0.1) is 22.8 Å². The first kappa shape index (κ1) is 40.9. The number of rotatable bonds is 8. The smallest absolute Gasteiger partial charge is 0.156 e. The number of aromatic nitrogens is 16. The second kappa shape index (κ2) is 14.7. The van der Waals surface area contributed by atoms with Gasteiger partial charge in [-0.25, -0.2) is 58.6 Å². The molecule has 8 heterocycles. The fourth-order valence-electron chi connectivity index (χ4n) is 6.69. The minimum absolute atomic E-state index is 0.275. The van der Waals surface area contributed by atoms with Gasteiger partial charge in [-0.2, -0.15) is 0 Å². The zero-order valence-electron chi connectivity index (χ0n) is 36.9. The average Bonchev–Trinajstić information content (AvgIpc) is 4.05. The third kappa shape index (κ3) is 7.85. The second-order valence-electron chi connectivity index (χ2n) is 19.3. The zero-order chi connectivity index (χ0) is 43.5. The van der Waals surface area contributed by atoms with Crippen LogP contribution in [0.3, 0.4) is 0 Å². The number of nitrogens with zero attached hydrogens (tertiary/aromatic N) is 16. The molecule has 0 aromatic carbocycles. The Kier molecular flexibility index (Phi) is 9.87. The van der Waals surface area contributed by atoms with Gasteiger partial charge in [-0.3, -0.25) is 0 Å². The third-order valence-corrected chi connectivity index (χ3v) is 10.1. The van der Waals surface area contributed by atoms with Gasteiger partial charge < -0.3 is 0 Å². The summed E-state index contributed by atoms with van der Waals surface area (Å²) in [7, 11) is 0. The molecule has 0 aliphatic rings. The number of hydrogen-bond acceptors (Lipinski definition) is 12. The van der Waals surface area contributed by atoms with Crippen molar-refractivity contribution in [3.63, 3.8) is 0 Å². The summed E-state index contributed by atoms with van der Waals surface area (Å²) >= 11 is 0. The van der Waals surface area contributed by atoms with Crippen LogP contribution < -0.4 is 0 Å². The minimum Gasteiger partial charge on any atom is -0.232 e. The lowest BCUT2D eigenvalue weighted by Gasteiger charge is -2.33. The molecule has 0 fully saturated rings. The van der Waals surface area contributed by atoms with Gasteiger partial charge in [0.2, 0.25) is 0 Å². The van der Waals surface area contributed by atoms with Crippen molar-refractivity contribution < 1.29 is 0 Å². The van der Waals surface area contributed by atoms with E-state index >= 15 is 0 Å². The molecular formula is C45H52N16. The predicted molar refractivity (Wildman–Crippen MR) is 230 cm³/mol. The molecule has 16 nitrogen and oxygen atoms in total. The third-order valence-electron chi connectivity index (χ3n) is 10.1. The Morgan fingerprint density at radius 3 is 0.705 bits per heavy atom. The molecule has 0 atom stereocenters. The van der Waals surface area contributed by atoms with Crippen LogP contribution in [0.2, 0.25) is 0 Å². The zero-order valence-corrected chi connectivity index (χ0v) is 36.9. The van der Waals surface area contributed by atoms with E-state index in [2.05, 4.69) is 103 Å². The van der Waals surface area contributed by atoms with Crippen LogP contribution in [-0.4, -0.2) is 79.0 Å². The van der Waals surface area contributed by atoms with E-state index in [1.807, 2.05) is 72.8 Å². The van der Waals surface area contributed by atoms with Gasteiger partial charge in [-0.1, -0.05) is 107 Å². The molecule has 312 valence electrons. The van der Waals surface area contributed by atoms with E-state index in [0.717, 1.165) is 0 Å². The van der Waals surface area contributed by atoms with Crippen molar-refractivity contribution >= 4 is 0 Å². The number of hydrogen-bond donors (Lipinski definition) is 0. The molecule has 0 unspecified atom stereocenters. The van der Waals surface area contributed by atoms with E-state index in [1.165, 1.54) is 0 Å². The highest BCUT2D eigenvalue weighted by atomic mass is 15.4. The Labute approximate surface area is 355 Å². The van der Waals surface area contributed by atoms with Crippen molar-refractivity contribution in [2.45, 2.75) is 110 Å².